The first kappa shape index (κ1) is 13.3. The summed E-state index contributed by atoms with van der Waals surface area (Å²) in [5, 5.41) is 10.6. The largest absolute Gasteiger partial charge is 0.391 e. The molecule has 0 aromatic rings. The van der Waals surface area contributed by atoms with Crippen molar-refractivity contribution in [2.75, 3.05) is 19.8 Å². The Hall–Kier alpha value is -0.120. The van der Waals surface area contributed by atoms with E-state index in [1.54, 1.807) is 0 Å². The Labute approximate surface area is 105 Å². The van der Waals surface area contributed by atoms with Crippen molar-refractivity contribution in [1.82, 2.24) is 4.90 Å². The molecule has 1 saturated heterocycles. The number of aliphatic hydroxyl groups excluding tert-OH is 1. The monoisotopic (exact) mass is 241 g/mol. The fourth-order valence-corrected chi connectivity index (χ4v) is 3.40. The maximum absolute atomic E-state index is 10.6. The molecule has 1 saturated carbocycles. The fourth-order valence-electron chi connectivity index (χ4n) is 3.40. The molecule has 1 N–H and O–H groups in total. The van der Waals surface area contributed by atoms with Crippen molar-refractivity contribution in [2.45, 2.75) is 64.6 Å². The van der Waals surface area contributed by atoms with E-state index in [-0.39, 0.29) is 11.5 Å². The summed E-state index contributed by atoms with van der Waals surface area (Å²) in [5.74, 6) is 0. The Morgan fingerprint density at radius 2 is 2.18 bits per heavy atom. The van der Waals surface area contributed by atoms with Gasteiger partial charge in [-0.15, -0.1) is 0 Å². The summed E-state index contributed by atoms with van der Waals surface area (Å²) in [5.41, 5.74) is 0.0690. The van der Waals surface area contributed by atoms with E-state index in [1.165, 1.54) is 6.42 Å². The molecule has 1 heterocycles. The van der Waals surface area contributed by atoms with E-state index < -0.39 is 0 Å². The van der Waals surface area contributed by atoms with Gasteiger partial charge in [-0.3, -0.25) is 4.90 Å². The Balaban J connectivity index is 2.09. The van der Waals surface area contributed by atoms with Gasteiger partial charge in [-0.1, -0.05) is 27.2 Å². The molecular formula is C14H27NO2. The first-order valence-electron chi connectivity index (χ1n) is 7.08. The zero-order chi connectivity index (χ0) is 12.5. The van der Waals surface area contributed by atoms with Gasteiger partial charge in [-0.2, -0.15) is 0 Å². The van der Waals surface area contributed by atoms with Crippen LogP contribution in [-0.2, 0) is 4.74 Å². The highest BCUT2D eigenvalue weighted by Crippen LogP contribution is 2.38. The van der Waals surface area contributed by atoms with Gasteiger partial charge in [-0.25, -0.2) is 0 Å². The van der Waals surface area contributed by atoms with Gasteiger partial charge in [-0.05, 0) is 24.7 Å². The van der Waals surface area contributed by atoms with Gasteiger partial charge in [0.25, 0.3) is 0 Å². The van der Waals surface area contributed by atoms with Gasteiger partial charge in [0.1, 0.15) is 0 Å². The van der Waals surface area contributed by atoms with E-state index in [2.05, 4.69) is 25.7 Å². The van der Waals surface area contributed by atoms with Crippen LogP contribution in [0.1, 0.15) is 46.5 Å². The van der Waals surface area contributed by atoms with E-state index in [0.29, 0.717) is 12.1 Å². The molecule has 0 aromatic heterocycles. The quantitative estimate of drug-likeness (QED) is 0.803. The SMILES string of the molecule is CCC1COCCN1C1CCCC(C)(C)C1O. The van der Waals surface area contributed by atoms with Crippen molar-refractivity contribution in [2.24, 2.45) is 5.41 Å². The van der Waals surface area contributed by atoms with Crippen molar-refractivity contribution in [3.63, 3.8) is 0 Å². The minimum Gasteiger partial charge on any atom is -0.391 e. The number of morpholine rings is 1. The first-order valence-corrected chi connectivity index (χ1v) is 7.08. The topological polar surface area (TPSA) is 32.7 Å². The summed E-state index contributed by atoms with van der Waals surface area (Å²) in [6, 6.07) is 0.838. The molecule has 0 radical (unpaired) electrons. The lowest BCUT2D eigenvalue weighted by molar-refractivity contribution is -0.105. The lowest BCUT2D eigenvalue weighted by Gasteiger charge is -2.49. The van der Waals surface area contributed by atoms with Gasteiger partial charge >= 0.3 is 0 Å². The number of hydrogen-bond donors (Lipinski definition) is 1. The third kappa shape index (κ3) is 2.67. The molecule has 2 aliphatic rings. The molecule has 0 bridgehead atoms. The van der Waals surface area contributed by atoms with E-state index in [9.17, 15) is 5.11 Å². The summed E-state index contributed by atoms with van der Waals surface area (Å²) >= 11 is 0. The van der Waals surface area contributed by atoms with Gasteiger partial charge < -0.3 is 9.84 Å². The summed E-state index contributed by atoms with van der Waals surface area (Å²) < 4.78 is 5.56. The van der Waals surface area contributed by atoms with Crippen LogP contribution in [-0.4, -0.2) is 48.0 Å². The van der Waals surface area contributed by atoms with Gasteiger partial charge in [0, 0.05) is 18.6 Å². The highest BCUT2D eigenvalue weighted by atomic mass is 16.5. The van der Waals surface area contributed by atoms with E-state index in [4.69, 9.17) is 4.74 Å². The molecule has 0 amide bonds. The van der Waals surface area contributed by atoms with Crippen LogP contribution >= 0.6 is 0 Å². The average molecular weight is 241 g/mol. The third-order valence-electron chi connectivity index (χ3n) is 4.66. The van der Waals surface area contributed by atoms with Gasteiger partial charge in [0.2, 0.25) is 0 Å². The maximum atomic E-state index is 10.6. The van der Waals surface area contributed by atoms with Crippen LogP contribution in [0.4, 0.5) is 0 Å². The van der Waals surface area contributed by atoms with Crippen molar-refractivity contribution < 1.29 is 9.84 Å². The van der Waals surface area contributed by atoms with Crippen LogP contribution in [0.5, 0.6) is 0 Å². The van der Waals surface area contributed by atoms with Crippen molar-refractivity contribution >= 4 is 0 Å². The lowest BCUT2D eigenvalue weighted by atomic mass is 9.72. The molecule has 3 heteroatoms. The number of nitrogens with zero attached hydrogens (tertiary/aromatic N) is 1. The van der Waals surface area contributed by atoms with Crippen molar-refractivity contribution in [3.8, 4) is 0 Å². The second-order valence-corrected chi connectivity index (χ2v) is 6.27. The van der Waals surface area contributed by atoms with E-state index >= 15 is 0 Å². The lowest BCUT2D eigenvalue weighted by Crippen LogP contribution is -2.58. The predicted octanol–water partition coefficient (Wildman–Crippen LogP) is 2.04. The van der Waals surface area contributed by atoms with Crippen molar-refractivity contribution in [1.29, 1.82) is 0 Å². The zero-order valence-electron chi connectivity index (χ0n) is 11.5. The van der Waals surface area contributed by atoms with Crippen LogP contribution in [0.15, 0.2) is 0 Å². The smallest absolute Gasteiger partial charge is 0.0746 e. The molecule has 3 atom stereocenters. The summed E-state index contributed by atoms with van der Waals surface area (Å²) in [7, 11) is 0. The zero-order valence-corrected chi connectivity index (χ0v) is 11.5. The first-order chi connectivity index (χ1) is 8.06. The Bertz CT molecular complexity index is 255. The molecule has 0 aromatic carbocycles. The molecule has 1 aliphatic carbocycles. The van der Waals surface area contributed by atoms with Crippen LogP contribution in [0, 0.1) is 5.41 Å². The normalized spacial score (nSPS) is 39.2. The third-order valence-corrected chi connectivity index (χ3v) is 4.66. The minimum atomic E-state index is -0.191. The molecule has 17 heavy (non-hydrogen) atoms. The average Bonchev–Trinajstić information content (AvgIpc) is 2.33. The number of hydrogen-bond acceptors (Lipinski definition) is 3. The van der Waals surface area contributed by atoms with E-state index in [1.807, 2.05) is 0 Å². The standard InChI is InChI=1S/C14H27NO2/c1-4-11-10-17-9-8-15(11)12-6-5-7-14(2,3)13(12)16/h11-13,16H,4-10H2,1-3H3. The highest BCUT2D eigenvalue weighted by molar-refractivity contribution is 4.95. The van der Waals surface area contributed by atoms with E-state index in [0.717, 1.165) is 39.0 Å². The number of aliphatic hydroxyl groups is 1. The Kier molecular flexibility index (Phi) is 4.11. The van der Waals surface area contributed by atoms with Crippen LogP contribution < -0.4 is 0 Å². The second kappa shape index (κ2) is 5.25. The number of ether oxygens (including phenoxy) is 1. The van der Waals surface area contributed by atoms with Gasteiger partial charge in [0.05, 0.1) is 19.3 Å². The molecule has 3 nitrogen and oxygen atoms in total. The summed E-state index contributed by atoms with van der Waals surface area (Å²) in [4.78, 5) is 2.51. The Morgan fingerprint density at radius 3 is 2.88 bits per heavy atom. The summed E-state index contributed by atoms with van der Waals surface area (Å²) in [6.45, 7) is 9.25. The predicted molar refractivity (Wildman–Crippen MR) is 69.0 cm³/mol. The maximum Gasteiger partial charge on any atom is 0.0746 e. The summed E-state index contributed by atoms with van der Waals surface area (Å²) in [6.07, 6.45) is 4.45. The van der Waals surface area contributed by atoms with Crippen LogP contribution in [0.25, 0.3) is 0 Å². The van der Waals surface area contributed by atoms with Gasteiger partial charge in [0.15, 0.2) is 0 Å². The highest BCUT2D eigenvalue weighted by Gasteiger charge is 2.42. The fraction of sp³-hybridized carbons (Fsp3) is 1.00. The molecular weight excluding hydrogens is 214 g/mol. The van der Waals surface area contributed by atoms with Crippen LogP contribution in [0.3, 0.4) is 0 Å². The number of rotatable bonds is 2. The minimum absolute atomic E-state index is 0.0690. The van der Waals surface area contributed by atoms with Crippen LogP contribution in [0.2, 0.25) is 0 Å². The second-order valence-electron chi connectivity index (χ2n) is 6.27. The molecule has 2 rings (SSSR count). The Morgan fingerprint density at radius 1 is 1.41 bits per heavy atom. The molecule has 1 aliphatic heterocycles. The molecule has 3 unspecified atom stereocenters. The molecule has 100 valence electrons. The van der Waals surface area contributed by atoms with Crippen molar-refractivity contribution in [3.05, 3.63) is 0 Å². The molecule has 0 spiro atoms. The molecule has 2 fully saturated rings.